The van der Waals surface area contributed by atoms with Crippen LogP contribution in [0.3, 0.4) is 0 Å². The molecule has 1 unspecified atom stereocenters. The van der Waals surface area contributed by atoms with Gasteiger partial charge in [-0.05, 0) is 10.5 Å². The fraction of sp³-hybridized carbons (Fsp3) is 1.00. The van der Waals surface area contributed by atoms with Crippen LogP contribution in [-0.4, -0.2) is 24.8 Å². The van der Waals surface area contributed by atoms with Crippen LogP contribution < -0.4 is 0 Å². The Morgan fingerprint density at radius 3 is 2.20 bits per heavy atom. The zero-order valence-corrected chi connectivity index (χ0v) is 7.39. The van der Waals surface area contributed by atoms with Gasteiger partial charge in [-0.25, -0.2) is 0 Å². The molecule has 0 aromatic carbocycles. The molecule has 0 aromatic rings. The molecule has 0 N–H and O–H groups in total. The topological polar surface area (TPSA) is 15.4 Å². The van der Waals surface area contributed by atoms with E-state index >= 15 is 0 Å². The number of nitrogens with zero attached hydrogens (tertiary/aromatic N) is 2. The summed E-state index contributed by atoms with van der Waals surface area (Å²) in [5, 5.41) is 4.32. The standard InChI is InChI=1S/C8H17N2/c1-8(2,3)7-5-9-10(4)6-7/h7H,5-6H2,1-4H3/q+1. The first kappa shape index (κ1) is 7.70. The van der Waals surface area contributed by atoms with Crippen LogP contribution in [0.25, 0.3) is 0 Å². The molecule has 1 aliphatic heterocycles. The van der Waals surface area contributed by atoms with Crippen molar-refractivity contribution < 1.29 is 4.70 Å². The van der Waals surface area contributed by atoms with Crippen LogP contribution in [0.4, 0.5) is 0 Å². The third-order valence-electron chi connectivity index (χ3n) is 2.25. The van der Waals surface area contributed by atoms with Crippen LogP contribution in [0.5, 0.6) is 0 Å². The second-order valence-corrected chi connectivity index (χ2v) is 4.23. The second-order valence-electron chi connectivity index (χ2n) is 4.23. The van der Waals surface area contributed by atoms with Gasteiger partial charge in [-0.1, -0.05) is 20.8 Å². The summed E-state index contributed by atoms with van der Waals surface area (Å²) in [7, 11) is 2.05. The summed E-state index contributed by atoms with van der Waals surface area (Å²) >= 11 is 0. The van der Waals surface area contributed by atoms with Crippen molar-refractivity contribution in [2.45, 2.75) is 20.8 Å². The maximum absolute atomic E-state index is 4.32. The van der Waals surface area contributed by atoms with E-state index in [0.29, 0.717) is 5.41 Å². The maximum atomic E-state index is 4.32. The maximum Gasteiger partial charge on any atom is 0.173 e. The summed E-state index contributed by atoms with van der Waals surface area (Å²) in [5.41, 5.74) is 0.425. The predicted molar refractivity (Wildman–Crippen MR) is 41.3 cm³/mol. The van der Waals surface area contributed by atoms with E-state index < -0.39 is 0 Å². The van der Waals surface area contributed by atoms with Gasteiger partial charge in [0.05, 0.1) is 5.92 Å². The lowest BCUT2D eigenvalue weighted by molar-refractivity contribution is -0.556. The van der Waals surface area contributed by atoms with Gasteiger partial charge in [0.1, 0.15) is 6.54 Å². The molecule has 0 amide bonds. The summed E-state index contributed by atoms with van der Waals surface area (Å²) in [5.74, 6) is 0.748. The largest absolute Gasteiger partial charge is 0.173 e. The minimum absolute atomic E-state index is 0.425. The van der Waals surface area contributed by atoms with Crippen LogP contribution in [0.15, 0.2) is 5.11 Å². The molecule has 0 fully saturated rings. The Labute approximate surface area is 62.9 Å². The summed E-state index contributed by atoms with van der Waals surface area (Å²) in [6.45, 7) is 8.99. The molecule has 0 aliphatic carbocycles. The Kier molecular flexibility index (Phi) is 1.80. The highest BCUT2D eigenvalue weighted by atomic mass is 15.3. The van der Waals surface area contributed by atoms with Gasteiger partial charge in [0, 0.05) is 0 Å². The highest BCUT2D eigenvalue weighted by Crippen LogP contribution is 2.28. The Morgan fingerprint density at radius 1 is 1.40 bits per heavy atom. The number of rotatable bonds is 0. The lowest BCUT2D eigenvalue weighted by Crippen LogP contribution is -2.25. The molecular weight excluding hydrogens is 124 g/mol. The van der Waals surface area contributed by atoms with Crippen LogP contribution >= 0.6 is 0 Å². The molecule has 0 radical (unpaired) electrons. The lowest BCUT2D eigenvalue weighted by atomic mass is 9.81. The quantitative estimate of drug-likeness (QED) is 0.457. The Morgan fingerprint density at radius 2 is 2.00 bits per heavy atom. The second kappa shape index (κ2) is 2.33. The van der Waals surface area contributed by atoms with Crippen molar-refractivity contribution in [3.8, 4) is 0 Å². The van der Waals surface area contributed by atoms with Crippen molar-refractivity contribution in [2.24, 2.45) is 16.4 Å². The fourth-order valence-electron chi connectivity index (χ4n) is 1.22. The SMILES string of the molecule is C[N+]1=NCC(C(C)(C)C)C1. The van der Waals surface area contributed by atoms with Crippen LogP contribution in [0.1, 0.15) is 20.8 Å². The van der Waals surface area contributed by atoms with Gasteiger partial charge < -0.3 is 0 Å². The average molecular weight is 141 g/mol. The summed E-state index contributed by atoms with van der Waals surface area (Å²) in [4.78, 5) is 0. The molecule has 0 saturated heterocycles. The molecule has 0 aromatic heterocycles. The minimum atomic E-state index is 0.425. The van der Waals surface area contributed by atoms with Crippen molar-refractivity contribution in [3.05, 3.63) is 0 Å². The van der Waals surface area contributed by atoms with Gasteiger partial charge in [0.2, 0.25) is 0 Å². The summed E-state index contributed by atoms with van der Waals surface area (Å²) < 4.78 is 2.05. The van der Waals surface area contributed by atoms with Gasteiger partial charge in [-0.15, -0.1) is 4.70 Å². The smallest absolute Gasteiger partial charge is 0.130 e. The van der Waals surface area contributed by atoms with Gasteiger partial charge in [-0.3, -0.25) is 0 Å². The van der Waals surface area contributed by atoms with Crippen LogP contribution in [0.2, 0.25) is 0 Å². The molecule has 2 heteroatoms. The highest BCUT2D eigenvalue weighted by Gasteiger charge is 2.32. The van der Waals surface area contributed by atoms with E-state index in [1.807, 2.05) is 7.05 Å². The van der Waals surface area contributed by atoms with Gasteiger partial charge in [0.15, 0.2) is 13.6 Å². The number of hydrogen-bond acceptors (Lipinski definition) is 1. The zero-order valence-electron chi connectivity index (χ0n) is 7.39. The number of azo groups is 2. The molecule has 1 aliphatic rings. The van der Waals surface area contributed by atoms with E-state index in [-0.39, 0.29) is 0 Å². The van der Waals surface area contributed by atoms with Crippen molar-refractivity contribution >= 4 is 0 Å². The Hall–Kier alpha value is -0.400. The first-order valence-electron chi connectivity index (χ1n) is 3.88. The van der Waals surface area contributed by atoms with Gasteiger partial charge >= 0.3 is 0 Å². The molecule has 0 bridgehead atoms. The molecule has 0 spiro atoms. The van der Waals surface area contributed by atoms with Crippen LogP contribution in [0, 0.1) is 11.3 Å². The first-order chi connectivity index (χ1) is 4.50. The molecule has 2 nitrogen and oxygen atoms in total. The van der Waals surface area contributed by atoms with E-state index in [1.54, 1.807) is 0 Å². The molecular formula is C8H17N2+. The average Bonchev–Trinajstić information content (AvgIpc) is 2.11. The molecule has 58 valence electrons. The molecule has 1 heterocycles. The molecule has 0 saturated carbocycles. The predicted octanol–water partition coefficient (Wildman–Crippen LogP) is 1.76. The van der Waals surface area contributed by atoms with Crippen molar-refractivity contribution in [1.82, 2.24) is 0 Å². The van der Waals surface area contributed by atoms with E-state index in [9.17, 15) is 0 Å². The van der Waals surface area contributed by atoms with E-state index in [1.165, 1.54) is 0 Å². The normalized spacial score (nSPS) is 26.8. The van der Waals surface area contributed by atoms with Crippen molar-refractivity contribution in [1.29, 1.82) is 0 Å². The third kappa shape index (κ3) is 1.55. The van der Waals surface area contributed by atoms with E-state index in [2.05, 4.69) is 30.6 Å². The Balaban J connectivity index is 2.50. The van der Waals surface area contributed by atoms with Crippen LogP contribution in [-0.2, 0) is 0 Å². The highest BCUT2D eigenvalue weighted by molar-refractivity contribution is 4.75. The van der Waals surface area contributed by atoms with Gasteiger partial charge in [0.25, 0.3) is 0 Å². The van der Waals surface area contributed by atoms with Crippen molar-refractivity contribution in [3.63, 3.8) is 0 Å². The number of hydrogen-bond donors (Lipinski definition) is 0. The van der Waals surface area contributed by atoms with E-state index in [0.717, 1.165) is 19.0 Å². The lowest BCUT2D eigenvalue weighted by Gasteiger charge is -2.22. The molecule has 1 atom stereocenters. The Bertz CT molecular complexity index is 153. The van der Waals surface area contributed by atoms with E-state index in [4.69, 9.17) is 0 Å². The minimum Gasteiger partial charge on any atom is -0.130 e. The summed E-state index contributed by atoms with van der Waals surface area (Å²) in [6, 6.07) is 0. The monoisotopic (exact) mass is 141 g/mol. The first-order valence-corrected chi connectivity index (χ1v) is 3.88. The molecule has 1 rings (SSSR count). The fourth-order valence-corrected chi connectivity index (χ4v) is 1.22. The summed E-state index contributed by atoms with van der Waals surface area (Å²) in [6.07, 6.45) is 0. The van der Waals surface area contributed by atoms with Crippen molar-refractivity contribution in [2.75, 3.05) is 20.1 Å². The zero-order chi connectivity index (χ0) is 7.78. The third-order valence-corrected chi connectivity index (χ3v) is 2.25. The molecule has 10 heavy (non-hydrogen) atoms. The van der Waals surface area contributed by atoms with Gasteiger partial charge in [-0.2, -0.15) is 0 Å².